The molecule has 0 unspecified atom stereocenters. The molecule has 3 aliphatic rings. The number of ether oxygens (including phenoxy) is 4. The maximum Gasteiger partial charge on any atom is 0.251 e. The average Bonchev–Trinajstić information content (AvgIpc) is 3.39. The molecule has 0 saturated carbocycles. The Balaban J connectivity index is 1.13. The number of piperidine rings is 1. The highest BCUT2D eigenvalue weighted by Gasteiger charge is 2.31. The van der Waals surface area contributed by atoms with Crippen molar-refractivity contribution in [3.05, 3.63) is 47.0 Å². The molecule has 9 heteroatoms. The number of hydrogen-bond donors (Lipinski definition) is 1. The first-order valence-corrected chi connectivity index (χ1v) is 12.5. The molecule has 2 aromatic carbocycles. The monoisotopic (exact) mass is 495 g/mol. The van der Waals surface area contributed by atoms with E-state index in [4.69, 9.17) is 18.9 Å². The van der Waals surface area contributed by atoms with Crippen molar-refractivity contribution in [3.8, 4) is 23.0 Å². The van der Waals surface area contributed by atoms with E-state index >= 15 is 0 Å². The standard InChI is InChI=1S/C27H33N3O6/c1-33-23-12-18-7-10-30(16-21(18)14-24(23)34-2)27(32)20-4-3-9-29(15-20)11-8-28-26(31)19-5-6-22-25(13-19)36-17-35-22/h5-6,12-14,20H,3-4,7-11,15-17H2,1-2H3,(H,28,31)/t20-/m1/s1. The predicted molar refractivity (Wildman–Crippen MR) is 133 cm³/mol. The molecule has 0 radical (unpaired) electrons. The van der Waals surface area contributed by atoms with Gasteiger partial charge in [-0.05, 0) is 67.3 Å². The molecule has 192 valence electrons. The van der Waals surface area contributed by atoms with Gasteiger partial charge < -0.3 is 34.1 Å². The molecule has 5 rings (SSSR count). The highest BCUT2D eigenvalue weighted by molar-refractivity contribution is 5.94. The first kappa shape index (κ1) is 24.2. The summed E-state index contributed by atoms with van der Waals surface area (Å²) in [7, 11) is 3.27. The Kier molecular flexibility index (Phi) is 7.18. The predicted octanol–water partition coefficient (Wildman–Crippen LogP) is 2.46. The molecule has 9 nitrogen and oxygen atoms in total. The number of carbonyl (C=O) groups excluding carboxylic acids is 2. The number of nitrogens with zero attached hydrogens (tertiary/aromatic N) is 2. The van der Waals surface area contributed by atoms with E-state index in [1.165, 1.54) is 5.56 Å². The Morgan fingerprint density at radius 2 is 1.81 bits per heavy atom. The quantitative estimate of drug-likeness (QED) is 0.631. The van der Waals surface area contributed by atoms with Gasteiger partial charge in [0.1, 0.15) is 0 Å². The van der Waals surface area contributed by atoms with Crippen molar-refractivity contribution in [2.75, 3.05) is 53.7 Å². The third-order valence-corrected chi connectivity index (χ3v) is 7.23. The summed E-state index contributed by atoms with van der Waals surface area (Å²) in [6.07, 6.45) is 2.68. The maximum atomic E-state index is 13.4. The smallest absolute Gasteiger partial charge is 0.251 e. The van der Waals surface area contributed by atoms with Crippen molar-refractivity contribution in [1.82, 2.24) is 15.1 Å². The van der Waals surface area contributed by atoms with Gasteiger partial charge in [-0.1, -0.05) is 0 Å². The number of benzene rings is 2. The normalized spacial score (nSPS) is 18.9. The van der Waals surface area contributed by atoms with E-state index in [1.807, 2.05) is 17.0 Å². The fourth-order valence-corrected chi connectivity index (χ4v) is 5.26. The Morgan fingerprint density at radius 3 is 2.61 bits per heavy atom. The molecule has 1 fully saturated rings. The second kappa shape index (κ2) is 10.7. The topological polar surface area (TPSA) is 89.6 Å². The fraction of sp³-hybridized carbons (Fsp3) is 0.481. The van der Waals surface area contributed by atoms with Gasteiger partial charge in [-0.3, -0.25) is 9.59 Å². The highest BCUT2D eigenvalue weighted by atomic mass is 16.7. The van der Waals surface area contributed by atoms with Crippen molar-refractivity contribution in [2.45, 2.75) is 25.8 Å². The van der Waals surface area contributed by atoms with Crippen LogP contribution in [0.25, 0.3) is 0 Å². The second-order valence-electron chi connectivity index (χ2n) is 9.45. The molecule has 3 aliphatic heterocycles. The van der Waals surface area contributed by atoms with Crippen LogP contribution in [-0.4, -0.2) is 75.4 Å². The molecule has 0 aromatic heterocycles. The van der Waals surface area contributed by atoms with Crippen LogP contribution in [0, 0.1) is 5.92 Å². The number of hydrogen-bond acceptors (Lipinski definition) is 7. The van der Waals surface area contributed by atoms with E-state index in [0.717, 1.165) is 37.1 Å². The van der Waals surface area contributed by atoms with Crippen LogP contribution in [0.15, 0.2) is 30.3 Å². The summed E-state index contributed by atoms with van der Waals surface area (Å²) in [5.41, 5.74) is 2.87. The Hall–Kier alpha value is -3.46. The highest BCUT2D eigenvalue weighted by Crippen LogP contribution is 2.34. The molecule has 2 amide bonds. The van der Waals surface area contributed by atoms with E-state index < -0.39 is 0 Å². The first-order chi connectivity index (χ1) is 17.6. The Bertz CT molecular complexity index is 1140. The molecule has 1 saturated heterocycles. The average molecular weight is 496 g/mol. The SMILES string of the molecule is COc1cc2c(cc1OC)CN(C(=O)[C@@H]1CCCN(CCNC(=O)c3ccc4c(c3)OCO4)C1)CC2. The molecule has 1 atom stereocenters. The summed E-state index contributed by atoms with van der Waals surface area (Å²) < 4.78 is 21.5. The van der Waals surface area contributed by atoms with Gasteiger partial charge in [0.25, 0.3) is 5.91 Å². The van der Waals surface area contributed by atoms with E-state index in [9.17, 15) is 9.59 Å². The lowest BCUT2D eigenvalue weighted by Gasteiger charge is -2.37. The zero-order valence-electron chi connectivity index (χ0n) is 20.9. The number of rotatable bonds is 7. The minimum absolute atomic E-state index is 0.0231. The summed E-state index contributed by atoms with van der Waals surface area (Å²) in [6, 6.07) is 9.21. The molecule has 2 aromatic rings. The first-order valence-electron chi connectivity index (χ1n) is 12.5. The minimum Gasteiger partial charge on any atom is -0.493 e. The van der Waals surface area contributed by atoms with E-state index in [0.29, 0.717) is 55.5 Å². The van der Waals surface area contributed by atoms with Crippen molar-refractivity contribution < 1.29 is 28.5 Å². The number of amides is 2. The lowest BCUT2D eigenvalue weighted by atomic mass is 9.93. The van der Waals surface area contributed by atoms with Gasteiger partial charge >= 0.3 is 0 Å². The third kappa shape index (κ3) is 5.06. The van der Waals surface area contributed by atoms with Gasteiger partial charge in [0.2, 0.25) is 12.7 Å². The van der Waals surface area contributed by atoms with Crippen molar-refractivity contribution >= 4 is 11.8 Å². The van der Waals surface area contributed by atoms with Crippen LogP contribution in [-0.2, 0) is 17.8 Å². The molecule has 0 bridgehead atoms. The van der Waals surface area contributed by atoms with Gasteiger partial charge in [0.05, 0.1) is 20.1 Å². The fourth-order valence-electron chi connectivity index (χ4n) is 5.26. The zero-order valence-corrected chi connectivity index (χ0v) is 20.9. The molecule has 0 aliphatic carbocycles. The second-order valence-corrected chi connectivity index (χ2v) is 9.45. The van der Waals surface area contributed by atoms with Crippen molar-refractivity contribution in [1.29, 1.82) is 0 Å². The number of carbonyl (C=O) groups is 2. The Labute approximate surface area is 211 Å². The third-order valence-electron chi connectivity index (χ3n) is 7.23. The van der Waals surface area contributed by atoms with E-state index in [2.05, 4.69) is 10.2 Å². The summed E-state index contributed by atoms with van der Waals surface area (Å²) >= 11 is 0. The lowest BCUT2D eigenvalue weighted by molar-refractivity contribution is -0.138. The molecular weight excluding hydrogens is 462 g/mol. The zero-order chi connectivity index (χ0) is 25.1. The van der Waals surface area contributed by atoms with E-state index in [-0.39, 0.29) is 24.5 Å². The van der Waals surface area contributed by atoms with Crippen molar-refractivity contribution in [2.24, 2.45) is 5.92 Å². The molecule has 3 heterocycles. The van der Waals surface area contributed by atoms with Gasteiger partial charge in [-0.15, -0.1) is 0 Å². The summed E-state index contributed by atoms with van der Waals surface area (Å²) in [5, 5.41) is 2.98. The number of fused-ring (bicyclic) bond motifs is 2. The number of likely N-dealkylation sites (tertiary alicyclic amines) is 1. The summed E-state index contributed by atoms with van der Waals surface area (Å²) in [5.74, 6) is 2.72. The van der Waals surface area contributed by atoms with Gasteiger partial charge in [-0.25, -0.2) is 0 Å². The van der Waals surface area contributed by atoms with Gasteiger partial charge in [-0.2, -0.15) is 0 Å². The largest absolute Gasteiger partial charge is 0.493 e. The van der Waals surface area contributed by atoms with E-state index in [1.54, 1.807) is 32.4 Å². The molecule has 36 heavy (non-hydrogen) atoms. The van der Waals surface area contributed by atoms with Crippen LogP contribution in [0.1, 0.15) is 34.3 Å². The van der Waals surface area contributed by atoms with Gasteiger partial charge in [0, 0.05) is 38.3 Å². The Morgan fingerprint density at radius 1 is 1.03 bits per heavy atom. The maximum absolute atomic E-state index is 13.4. The molecule has 1 N–H and O–H groups in total. The number of nitrogens with one attached hydrogen (secondary N) is 1. The van der Waals surface area contributed by atoms with Crippen LogP contribution < -0.4 is 24.3 Å². The number of methoxy groups -OCH3 is 2. The van der Waals surface area contributed by atoms with Crippen LogP contribution in [0.2, 0.25) is 0 Å². The van der Waals surface area contributed by atoms with Crippen LogP contribution in [0.4, 0.5) is 0 Å². The van der Waals surface area contributed by atoms with Crippen LogP contribution >= 0.6 is 0 Å². The van der Waals surface area contributed by atoms with Crippen LogP contribution in [0.3, 0.4) is 0 Å². The minimum atomic E-state index is -0.142. The molecular formula is C27H33N3O6. The van der Waals surface area contributed by atoms with Crippen molar-refractivity contribution in [3.63, 3.8) is 0 Å². The summed E-state index contributed by atoms with van der Waals surface area (Å²) in [4.78, 5) is 30.2. The summed E-state index contributed by atoms with van der Waals surface area (Å²) in [6.45, 7) is 4.37. The lowest BCUT2D eigenvalue weighted by Crippen LogP contribution is -2.47. The van der Waals surface area contributed by atoms with Gasteiger partial charge in [0.15, 0.2) is 23.0 Å². The molecule has 0 spiro atoms. The van der Waals surface area contributed by atoms with Crippen LogP contribution in [0.5, 0.6) is 23.0 Å².